The first kappa shape index (κ1) is 15.4. The van der Waals surface area contributed by atoms with Crippen molar-refractivity contribution in [2.45, 2.75) is 18.9 Å². The van der Waals surface area contributed by atoms with E-state index < -0.39 is 0 Å². The zero-order chi connectivity index (χ0) is 14.9. The van der Waals surface area contributed by atoms with Crippen LogP contribution in [0.5, 0.6) is 0 Å². The third-order valence-electron chi connectivity index (χ3n) is 3.74. The number of rotatable bonds is 2. The second kappa shape index (κ2) is 6.20. The molecule has 6 heteroatoms. The summed E-state index contributed by atoms with van der Waals surface area (Å²) in [7, 11) is 4.07. The number of amides is 1. The Kier molecular flexibility index (Phi) is 4.78. The predicted octanol–water partition coefficient (Wildman–Crippen LogP) is 2.74. The Hall–Kier alpha value is -0.970. The molecule has 0 aliphatic carbocycles. The number of likely N-dealkylation sites (tertiary alicyclic amines) is 1. The lowest BCUT2D eigenvalue weighted by Gasteiger charge is -2.36. The van der Waals surface area contributed by atoms with Gasteiger partial charge in [-0.3, -0.25) is 4.79 Å². The average molecular weight is 316 g/mol. The fourth-order valence-electron chi connectivity index (χ4n) is 2.45. The summed E-state index contributed by atoms with van der Waals surface area (Å²) in [5.74, 6) is -0.0413. The van der Waals surface area contributed by atoms with Crippen molar-refractivity contribution in [1.29, 1.82) is 0 Å². The van der Waals surface area contributed by atoms with E-state index in [0.29, 0.717) is 27.3 Å². The molecule has 1 atom stereocenters. The van der Waals surface area contributed by atoms with Crippen LogP contribution in [-0.4, -0.2) is 48.9 Å². The smallest absolute Gasteiger partial charge is 0.254 e. The molecule has 4 nitrogen and oxygen atoms in total. The number of nitrogens with two attached hydrogens (primary N) is 1. The fourth-order valence-corrected chi connectivity index (χ4v) is 2.94. The van der Waals surface area contributed by atoms with Crippen molar-refractivity contribution in [1.82, 2.24) is 9.80 Å². The maximum atomic E-state index is 12.5. The topological polar surface area (TPSA) is 49.6 Å². The number of hydrogen-bond donors (Lipinski definition) is 1. The number of carbonyl (C=O) groups is 1. The Morgan fingerprint density at radius 3 is 2.50 bits per heavy atom. The van der Waals surface area contributed by atoms with Gasteiger partial charge in [0.1, 0.15) is 0 Å². The molecule has 1 heterocycles. The molecule has 1 unspecified atom stereocenters. The van der Waals surface area contributed by atoms with Gasteiger partial charge in [0.15, 0.2) is 0 Å². The molecule has 2 N–H and O–H groups in total. The minimum Gasteiger partial charge on any atom is -0.396 e. The molecule has 1 saturated heterocycles. The molecule has 0 radical (unpaired) electrons. The number of nitrogen functional groups attached to an aromatic ring is 1. The maximum absolute atomic E-state index is 12.5. The molecule has 20 heavy (non-hydrogen) atoms. The highest BCUT2D eigenvalue weighted by Gasteiger charge is 2.26. The quantitative estimate of drug-likeness (QED) is 0.854. The van der Waals surface area contributed by atoms with Gasteiger partial charge >= 0.3 is 0 Å². The molecule has 1 aromatic rings. The summed E-state index contributed by atoms with van der Waals surface area (Å²) in [6, 6.07) is 3.57. The lowest BCUT2D eigenvalue weighted by atomic mass is 10.0. The lowest BCUT2D eigenvalue weighted by Crippen LogP contribution is -2.47. The number of nitrogens with zero attached hydrogens (tertiary/aromatic N) is 2. The van der Waals surface area contributed by atoms with Crippen LogP contribution in [0.2, 0.25) is 10.0 Å². The lowest BCUT2D eigenvalue weighted by molar-refractivity contribution is 0.0635. The molecule has 2 rings (SSSR count). The van der Waals surface area contributed by atoms with E-state index in [-0.39, 0.29) is 5.91 Å². The van der Waals surface area contributed by atoms with Crippen molar-refractivity contribution in [3.8, 4) is 0 Å². The van der Waals surface area contributed by atoms with E-state index in [0.717, 1.165) is 25.9 Å². The van der Waals surface area contributed by atoms with Crippen LogP contribution in [0.25, 0.3) is 0 Å². The second-order valence-electron chi connectivity index (χ2n) is 5.36. The monoisotopic (exact) mass is 315 g/mol. The van der Waals surface area contributed by atoms with Crippen molar-refractivity contribution in [3.63, 3.8) is 0 Å². The third kappa shape index (κ3) is 3.19. The molecule has 1 aliphatic rings. The van der Waals surface area contributed by atoms with Crippen LogP contribution < -0.4 is 5.73 Å². The molecule has 1 amide bonds. The van der Waals surface area contributed by atoms with Gasteiger partial charge in [-0.25, -0.2) is 0 Å². The van der Waals surface area contributed by atoms with Crippen molar-refractivity contribution < 1.29 is 4.79 Å². The van der Waals surface area contributed by atoms with Crippen molar-refractivity contribution in [3.05, 3.63) is 27.7 Å². The number of likely N-dealkylation sites (N-methyl/N-ethyl adjacent to an activating group) is 1. The van der Waals surface area contributed by atoms with Crippen molar-refractivity contribution in [2.24, 2.45) is 0 Å². The molecule has 1 aliphatic heterocycles. The van der Waals surface area contributed by atoms with Crippen LogP contribution in [0, 0.1) is 0 Å². The van der Waals surface area contributed by atoms with Gasteiger partial charge in [0.25, 0.3) is 5.91 Å². The highest BCUT2D eigenvalue weighted by atomic mass is 35.5. The van der Waals surface area contributed by atoms with Crippen LogP contribution in [0.3, 0.4) is 0 Å². The van der Waals surface area contributed by atoms with E-state index in [1.807, 2.05) is 19.0 Å². The number of piperidine rings is 1. The summed E-state index contributed by atoms with van der Waals surface area (Å²) in [4.78, 5) is 16.5. The zero-order valence-electron chi connectivity index (χ0n) is 11.7. The van der Waals surface area contributed by atoms with Gasteiger partial charge in [0.05, 0.1) is 15.7 Å². The molecule has 0 spiro atoms. The molecule has 0 aromatic heterocycles. The van der Waals surface area contributed by atoms with Gasteiger partial charge in [-0.1, -0.05) is 23.2 Å². The first-order chi connectivity index (χ1) is 9.40. The number of benzene rings is 1. The summed E-state index contributed by atoms with van der Waals surface area (Å²) in [5, 5.41) is 0.643. The van der Waals surface area contributed by atoms with E-state index in [9.17, 15) is 4.79 Å². The number of carbonyl (C=O) groups excluding carboxylic acids is 1. The van der Waals surface area contributed by atoms with Gasteiger partial charge in [0, 0.05) is 24.7 Å². The SMILES string of the molecule is CN(C)C1CCCN(C(=O)c2cc(Cl)c(N)c(Cl)c2)C1. The normalized spacial score (nSPS) is 19.4. The Labute approximate surface area is 129 Å². The Balaban J connectivity index is 2.19. The van der Waals surface area contributed by atoms with E-state index in [1.54, 1.807) is 12.1 Å². The van der Waals surface area contributed by atoms with E-state index in [2.05, 4.69) is 4.90 Å². The minimum absolute atomic E-state index is 0.0413. The highest BCUT2D eigenvalue weighted by molar-refractivity contribution is 6.39. The van der Waals surface area contributed by atoms with Gasteiger partial charge in [0.2, 0.25) is 0 Å². The first-order valence-electron chi connectivity index (χ1n) is 6.60. The highest BCUT2D eigenvalue weighted by Crippen LogP contribution is 2.29. The van der Waals surface area contributed by atoms with Crippen LogP contribution in [0.1, 0.15) is 23.2 Å². The standard InChI is InChI=1S/C14H19Cl2N3O/c1-18(2)10-4-3-5-19(8-10)14(20)9-6-11(15)13(17)12(16)7-9/h6-7,10H,3-5,8,17H2,1-2H3. The van der Waals surface area contributed by atoms with E-state index in [1.165, 1.54) is 0 Å². The number of hydrogen-bond acceptors (Lipinski definition) is 3. The number of anilines is 1. The van der Waals surface area contributed by atoms with Crippen LogP contribution in [-0.2, 0) is 0 Å². The van der Waals surface area contributed by atoms with E-state index >= 15 is 0 Å². The Bertz CT molecular complexity index is 496. The van der Waals surface area contributed by atoms with E-state index in [4.69, 9.17) is 28.9 Å². The largest absolute Gasteiger partial charge is 0.396 e. The van der Waals surface area contributed by atoms with Gasteiger partial charge in [-0.2, -0.15) is 0 Å². The van der Waals surface area contributed by atoms with Gasteiger partial charge in [-0.05, 0) is 39.1 Å². The molecule has 0 bridgehead atoms. The average Bonchev–Trinajstić information content (AvgIpc) is 2.43. The predicted molar refractivity (Wildman–Crippen MR) is 83.5 cm³/mol. The second-order valence-corrected chi connectivity index (χ2v) is 6.18. The summed E-state index contributed by atoms with van der Waals surface area (Å²) in [5.41, 5.74) is 6.50. The zero-order valence-corrected chi connectivity index (χ0v) is 13.2. The summed E-state index contributed by atoms with van der Waals surface area (Å²) in [6.45, 7) is 1.49. The van der Waals surface area contributed by atoms with Gasteiger partial charge in [-0.15, -0.1) is 0 Å². The summed E-state index contributed by atoms with van der Waals surface area (Å²) >= 11 is 12.0. The Morgan fingerprint density at radius 1 is 1.35 bits per heavy atom. The summed E-state index contributed by atoms with van der Waals surface area (Å²) in [6.07, 6.45) is 2.12. The molecule has 0 saturated carbocycles. The van der Waals surface area contributed by atoms with Crippen LogP contribution in [0.15, 0.2) is 12.1 Å². The molecule has 1 fully saturated rings. The summed E-state index contributed by atoms with van der Waals surface area (Å²) < 4.78 is 0. The Morgan fingerprint density at radius 2 is 1.95 bits per heavy atom. The fraction of sp³-hybridized carbons (Fsp3) is 0.500. The molecular formula is C14H19Cl2N3O. The number of halogens is 2. The third-order valence-corrected chi connectivity index (χ3v) is 4.37. The molecule has 110 valence electrons. The molecular weight excluding hydrogens is 297 g/mol. The van der Waals surface area contributed by atoms with Gasteiger partial charge < -0.3 is 15.5 Å². The minimum atomic E-state index is -0.0413. The maximum Gasteiger partial charge on any atom is 0.254 e. The first-order valence-corrected chi connectivity index (χ1v) is 7.36. The van der Waals surface area contributed by atoms with Crippen LogP contribution >= 0.6 is 23.2 Å². The molecule has 1 aromatic carbocycles. The van der Waals surface area contributed by atoms with Crippen molar-refractivity contribution >= 4 is 34.8 Å². The van der Waals surface area contributed by atoms with Crippen molar-refractivity contribution in [2.75, 3.05) is 32.9 Å². The van der Waals surface area contributed by atoms with Crippen LogP contribution in [0.4, 0.5) is 5.69 Å².